The van der Waals surface area contributed by atoms with Gasteiger partial charge >= 0.3 is 5.97 Å². The Morgan fingerprint density at radius 2 is 1.88 bits per heavy atom. The molecule has 0 amide bonds. The minimum Gasteiger partial charge on any atom is -0.497 e. The molecule has 134 valence electrons. The van der Waals surface area contributed by atoms with Crippen molar-refractivity contribution in [2.75, 3.05) is 13.7 Å². The third-order valence-electron chi connectivity index (χ3n) is 3.68. The lowest BCUT2D eigenvalue weighted by Gasteiger charge is -2.06. The first kappa shape index (κ1) is 18.6. The van der Waals surface area contributed by atoms with Gasteiger partial charge in [-0.05, 0) is 69.1 Å². The van der Waals surface area contributed by atoms with E-state index >= 15 is 0 Å². The predicted octanol–water partition coefficient (Wildman–Crippen LogP) is 4.28. The Hall–Kier alpha value is -2.19. The number of benzene rings is 1. The molecule has 0 saturated carbocycles. The Balaban J connectivity index is 2.22. The van der Waals surface area contributed by atoms with Crippen LogP contribution >= 0.6 is 31.9 Å². The fraction of sp³-hybridized carbons (Fsp3) is 0.167. The van der Waals surface area contributed by atoms with E-state index in [1.807, 2.05) is 0 Å². The number of ketones is 1. The van der Waals surface area contributed by atoms with Crippen molar-refractivity contribution in [3.8, 4) is 5.75 Å². The van der Waals surface area contributed by atoms with Gasteiger partial charge in [0.15, 0.2) is 11.3 Å². The largest absolute Gasteiger partial charge is 0.497 e. The molecule has 0 bridgehead atoms. The van der Waals surface area contributed by atoms with Gasteiger partial charge in [-0.1, -0.05) is 0 Å². The van der Waals surface area contributed by atoms with Crippen molar-refractivity contribution in [3.05, 3.63) is 62.4 Å². The molecule has 0 atom stereocenters. The van der Waals surface area contributed by atoms with Crippen LogP contribution in [0.15, 0.2) is 45.5 Å². The molecule has 0 unspecified atom stereocenters. The van der Waals surface area contributed by atoms with E-state index in [-0.39, 0.29) is 23.8 Å². The number of ether oxygens (including phenoxy) is 2. The first-order valence-corrected chi connectivity index (χ1v) is 9.27. The summed E-state index contributed by atoms with van der Waals surface area (Å²) in [7, 11) is 1.55. The van der Waals surface area contributed by atoms with Gasteiger partial charge in [0.05, 0.1) is 18.2 Å². The zero-order valence-corrected chi connectivity index (χ0v) is 17.1. The number of aromatic nitrogens is 2. The van der Waals surface area contributed by atoms with Crippen LogP contribution in [0, 0.1) is 0 Å². The lowest BCUT2D eigenvalue weighted by atomic mass is 10.1. The van der Waals surface area contributed by atoms with Crippen molar-refractivity contribution in [2.45, 2.75) is 6.92 Å². The number of hydrogen-bond donors (Lipinski definition) is 0. The SMILES string of the molecule is CCOC(=O)c1nc2c(Br)cc(Br)cn2c1C(=O)c1ccc(OC)cc1. The number of pyridine rings is 1. The molecule has 0 fully saturated rings. The topological polar surface area (TPSA) is 69.9 Å². The standard InChI is InChI=1S/C18H14Br2N2O4/c1-3-26-18(24)14-15(16(23)10-4-6-12(25-2)7-5-10)22-9-11(19)8-13(20)17(22)21-14/h4-9H,3H2,1-2H3. The summed E-state index contributed by atoms with van der Waals surface area (Å²) < 4.78 is 13.1. The van der Waals surface area contributed by atoms with E-state index in [0.717, 1.165) is 4.47 Å². The molecule has 8 heteroatoms. The smallest absolute Gasteiger partial charge is 0.359 e. The second-order valence-corrected chi connectivity index (χ2v) is 7.06. The summed E-state index contributed by atoms with van der Waals surface area (Å²) in [5.41, 5.74) is 0.986. The van der Waals surface area contributed by atoms with Crippen LogP contribution in [0.2, 0.25) is 0 Å². The average molecular weight is 482 g/mol. The van der Waals surface area contributed by atoms with Crippen molar-refractivity contribution in [1.29, 1.82) is 0 Å². The third-order valence-corrected chi connectivity index (χ3v) is 4.70. The lowest BCUT2D eigenvalue weighted by Crippen LogP contribution is -2.14. The van der Waals surface area contributed by atoms with Gasteiger partial charge in [0.25, 0.3) is 0 Å². The highest BCUT2D eigenvalue weighted by molar-refractivity contribution is 9.11. The second-order valence-electron chi connectivity index (χ2n) is 5.29. The van der Waals surface area contributed by atoms with E-state index < -0.39 is 5.97 Å². The molecule has 0 aliphatic rings. The van der Waals surface area contributed by atoms with Gasteiger partial charge in [0.2, 0.25) is 5.78 Å². The van der Waals surface area contributed by atoms with E-state index in [1.54, 1.807) is 55.0 Å². The molecular formula is C18H14Br2N2O4. The summed E-state index contributed by atoms with van der Waals surface area (Å²) in [6.07, 6.45) is 1.69. The number of carbonyl (C=O) groups excluding carboxylic acids is 2. The van der Waals surface area contributed by atoms with Crippen molar-refractivity contribution in [1.82, 2.24) is 9.38 Å². The number of imidazole rings is 1. The summed E-state index contributed by atoms with van der Waals surface area (Å²) in [4.78, 5) is 29.8. The molecule has 2 heterocycles. The number of hydrogen-bond acceptors (Lipinski definition) is 5. The van der Waals surface area contributed by atoms with Gasteiger partial charge in [-0.3, -0.25) is 9.20 Å². The summed E-state index contributed by atoms with van der Waals surface area (Å²) in [5.74, 6) is -0.347. The number of nitrogens with zero attached hydrogens (tertiary/aromatic N) is 2. The predicted molar refractivity (Wildman–Crippen MR) is 103 cm³/mol. The van der Waals surface area contributed by atoms with Crippen molar-refractivity contribution in [2.24, 2.45) is 0 Å². The van der Waals surface area contributed by atoms with Gasteiger partial charge in [-0.2, -0.15) is 0 Å². The Morgan fingerprint density at radius 3 is 2.50 bits per heavy atom. The highest BCUT2D eigenvalue weighted by Gasteiger charge is 2.27. The molecule has 0 spiro atoms. The van der Waals surface area contributed by atoms with Gasteiger partial charge in [-0.25, -0.2) is 9.78 Å². The van der Waals surface area contributed by atoms with E-state index in [4.69, 9.17) is 9.47 Å². The van der Waals surface area contributed by atoms with Crippen LogP contribution in [0.4, 0.5) is 0 Å². The van der Waals surface area contributed by atoms with Crippen LogP contribution in [0.5, 0.6) is 5.75 Å². The Labute approximate surface area is 166 Å². The van der Waals surface area contributed by atoms with E-state index in [1.165, 1.54) is 0 Å². The molecule has 0 saturated heterocycles. The maximum absolute atomic E-state index is 13.1. The number of fused-ring (bicyclic) bond motifs is 1. The van der Waals surface area contributed by atoms with E-state index in [9.17, 15) is 9.59 Å². The summed E-state index contributed by atoms with van der Waals surface area (Å²) in [6.45, 7) is 1.89. The number of rotatable bonds is 5. The quantitative estimate of drug-likeness (QED) is 0.402. The highest BCUT2D eigenvalue weighted by atomic mass is 79.9. The number of halogens is 2. The van der Waals surface area contributed by atoms with Crippen LogP contribution in [-0.4, -0.2) is 34.9 Å². The first-order valence-electron chi connectivity index (χ1n) is 7.69. The van der Waals surface area contributed by atoms with Crippen LogP contribution in [-0.2, 0) is 4.74 Å². The summed E-state index contributed by atoms with van der Waals surface area (Å²) in [5, 5.41) is 0. The van der Waals surface area contributed by atoms with Gasteiger partial charge < -0.3 is 9.47 Å². The molecule has 26 heavy (non-hydrogen) atoms. The minimum atomic E-state index is -0.643. The Kier molecular flexibility index (Phi) is 5.43. The van der Waals surface area contributed by atoms with Crippen molar-refractivity contribution in [3.63, 3.8) is 0 Å². The minimum absolute atomic E-state index is 0.0218. The maximum Gasteiger partial charge on any atom is 0.359 e. The van der Waals surface area contributed by atoms with Crippen LogP contribution in [0.25, 0.3) is 5.65 Å². The monoisotopic (exact) mass is 480 g/mol. The number of esters is 1. The molecule has 3 aromatic rings. The zero-order valence-electron chi connectivity index (χ0n) is 14.0. The molecule has 1 aromatic carbocycles. The first-order chi connectivity index (χ1) is 12.5. The lowest BCUT2D eigenvalue weighted by molar-refractivity contribution is 0.0517. The average Bonchev–Trinajstić information content (AvgIpc) is 3.01. The van der Waals surface area contributed by atoms with Crippen LogP contribution in [0.1, 0.15) is 33.5 Å². The molecule has 3 rings (SSSR count). The fourth-order valence-electron chi connectivity index (χ4n) is 2.51. The molecule has 6 nitrogen and oxygen atoms in total. The molecule has 0 N–H and O–H groups in total. The Bertz CT molecular complexity index is 997. The molecule has 0 radical (unpaired) electrons. The van der Waals surface area contributed by atoms with Crippen molar-refractivity contribution >= 4 is 49.3 Å². The summed E-state index contributed by atoms with van der Waals surface area (Å²) in [6, 6.07) is 8.45. The number of methoxy groups -OCH3 is 1. The molecule has 0 aliphatic heterocycles. The van der Waals surface area contributed by atoms with Gasteiger partial charge in [-0.15, -0.1) is 0 Å². The van der Waals surface area contributed by atoms with E-state index in [0.29, 0.717) is 21.4 Å². The van der Waals surface area contributed by atoms with Crippen molar-refractivity contribution < 1.29 is 19.1 Å². The fourth-order valence-corrected chi connectivity index (χ4v) is 3.78. The van der Waals surface area contributed by atoms with Crippen LogP contribution in [0.3, 0.4) is 0 Å². The second kappa shape index (κ2) is 7.59. The third kappa shape index (κ3) is 3.39. The molecule has 2 aromatic heterocycles. The Morgan fingerprint density at radius 1 is 1.19 bits per heavy atom. The number of carbonyl (C=O) groups is 2. The van der Waals surface area contributed by atoms with Gasteiger partial charge in [0, 0.05) is 16.2 Å². The summed E-state index contributed by atoms with van der Waals surface area (Å²) >= 11 is 6.81. The zero-order chi connectivity index (χ0) is 18.8. The molecule has 0 aliphatic carbocycles. The highest BCUT2D eigenvalue weighted by Crippen LogP contribution is 2.27. The van der Waals surface area contributed by atoms with Crippen LogP contribution < -0.4 is 4.74 Å². The maximum atomic E-state index is 13.1. The van der Waals surface area contributed by atoms with Gasteiger partial charge in [0.1, 0.15) is 11.4 Å². The van der Waals surface area contributed by atoms with E-state index in [2.05, 4.69) is 36.8 Å². The normalized spacial score (nSPS) is 10.8. The molecular weight excluding hydrogens is 468 g/mol.